The van der Waals surface area contributed by atoms with Crippen LogP contribution in [0.4, 0.5) is 5.82 Å². The van der Waals surface area contributed by atoms with Gasteiger partial charge in [0.15, 0.2) is 16.6 Å². The minimum atomic E-state index is -0.235. The molecule has 0 saturated carbocycles. The average Bonchev–Trinajstić information content (AvgIpc) is 3.41. The second-order valence-electron chi connectivity index (χ2n) is 8.84. The normalized spacial score (nSPS) is 20.4. The molecule has 2 aliphatic heterocycles. The molecule has 0 unspecified atom stereocenters. The number of aliphatic imine (C=N–C) groups is 1. The van der Waals surface area contributed by atoms with Crippen LogP contribution < -0.4 is 4.90 Å². The number of carbonyl (C=O) groups is 1. The molecule has 0 spiro atoms. The fourth-order valence-electron chi connectivity index (χ4n) is 4.23. The first-order valence-electron chi connectivity index (χ1n) is 10.9. The number of aromatic nitrogens is 5. The number of hydrogen-bond acceptors (Lipinski definition) is 8. The Morgan fingerprint density at radius 2 is 1.94 bits per heavy atom. The Kier molecular flexibility index (Phi) is 5.54. The molecule has 3 aromatic rings. The quantitative estimate of drug-likeness (QED) is 0.603. The lowest BCUT2D eigenvalue weighted by atomic mass is 9.93. The van der Waals surface area contributed by atoms with Crippen LogP contribution in [0.3, 0.4) is 0 Å². The van der Waals surface area contributed by atoms with Gasteiger partial charge >= 0.3 is 0 Å². The molecule has 1 aromatic carbocycles. The van der Waals surface area contributed by atoms with Gasteiger partial charge in [0.05, 0.1) is 12.1 Å². The first kappa shape index (κ1) is 20.9. The third kappa shape index (κ3) is 4.06. The maximum absolute atomic E-state index is 13.6. The summed E-state index contributed by atoms with van der Waals surface area (Å²) in [4.78, 5) is 22.5. The summed E-state index contributed by atoms with van der Waals surface area (Å²) in [6.07, 6.45) is 1.58. The van der Waals surface area contributed by atoms with Crippen molar-refractivity contribution in [2.24, 2.45) is 10.9 Å². The Balaban J connectivity index is 1.27. The Labute approximate surface area is 190 Å². The highest BCUT2D eigenvalue weighted by Gasteiger charge is 2.44. The third-order valence-corrected chi connectivity index (χ3v) is 7.46. The molecule has 0 N–H and O–H groups in total. The summed E-state index contributed by atoms with van der Waals surface area (Å²) in [6.45, 7) is 6.39. The van der Waals surface area contributed by atoms with Crippen molar-refractivity contribution in [1.82, 2.24) is 30.2 Å². The molecular weight excluding hydrogens is 424 g/mol. The van der Waals surface area contributed by atoms with E-state index in [1.807, 2.05) is 35.2 Å². The Hall–Kier alpha value is -3.01. The maximum atomic E-state index is 13.6. The van der Waals surface area contributed by atoms with Crippen molar-refractivity contribution in [2.45, 2.75) is 38.8 Å². The second kappa shape index (κ2) is 8.50. The van der Waals surface area contributed by atoms with Crippen LogP contribution in [0.1, 0.15) is 32.3 Å². The first-order chi connectivity index (χ1) is 15.5. The lowest BCUT2D eigenvalue weighted by Crippen LogP contribution is -2.51. The van der Waals surface area contributed by atoms with Crippen LogP contribution in [0.15, 0.2) is 47.5 Å². The van der Waals surface area contributed by atoms with Crippen LogP contribution in [0, 0.1) is 5.92 Å². The third-order valence-electron chi connectivity index (χ3n) is 6.03. The Bertz CT molecular complexity index is 1140. The number of amides is 1. The lowest BCUT2D eigenvalue weighted by Gasteiger charge is -2.37. The summed E-state index contributed by atoms with van der Waals surface area (Å²) in [5.74, 6) is 1.87. The van der Waals surface area contributed by atoms with Crippen molar-refractivity contribution in [1.29, 1.82) is 0 Å². The minimum Gasteiger partial charge on any atom is -0.355 e. The fraction of sp³-hybridized carbons (Fsp3) is 0.455. The number of fused-ring (bicyclic) bond motifs is 1. The monoisotopic (exact) mass is 450 g/mol. The van der Waals surface area contributed by atoms with Crippen LogP contribution in [-0.4, -0.2) is 65.6 Å². The molecule has 10 heteroatoms. The van der Waals surface area contributed by atoms with E-state index in [0.29, 0.717) is 12.2 Å². The topological polar surface area (TPSA) is 91.9 Å². The number of piperidine rings is 1. The number of carbonyl (C=O) groups excluding carboxylic acids is 1. The van der Waals surface area contributed by atoms with E-state index in [0.717, 1.165) is 48.2 Å². The number of amidine groups is 1. The highest BCUT2D eigenvalue weighted by atomic mass is 32.2. The zero-order chi connectivity index (χ0) is 22.1. The van der Waals surface area contributed by atoms with E-state index >= 15 is 0 Å². The van der Waals surface area contributed by atoms with Crippen LogP contribution in [-0.2, 0) is 11.3 Å². The number of thioether (sulfide) groups is 1. The van der Waals surface area contributed by atoms with Gasteiger partial charge in [0.25, 0.3) is 0 Å². The van der Waals surface area contributed by atoms with E-state index in [9.17, 15) is 4.79 Å². The molecule has 5 rings (SSSR count). The summed E-state index contributed by atoms with van der Waals surface area (Å²) in [5, 5.41) is 16.7. The molecule has 0 atom stereocenters. The maximum Gasteiger partial charge on any atom is 0.232 e. The average molecular weight is 451 g/mol. The van der Waals surface area contributed by atoms with Gasteiger partial charge in [-0.2, -0.15) is 0 Å². The van der Waals surface area contributed by atoms with Crippen molar-refractivity contribution in [2.75, 3.05) is 23.7 Å². The smallest absolute Gasteiger partial charge is 0.232 e. The first-order valence-corrected chi connectivity index (χ1v) is 11.9. The van der Waals surface area contributed by atoms with Crippen molar-refractivity contribution >= 4 is 34.3 Å². The zero-order valence-electron chi connectivity index (χ0n) is 18.3. The largest absolute Gasteiger partial charge is 0.355 e. The molecule has 0 aliphatic carbocycles. The summed E-state index contributed by atoms with van der Waals surface area (Å²) in [7, 11) is 0. The van der Waals surface area contributed by atoms with Gasteiger partial charge in [-0.3, -0.25) is 14.7 Å². The van der Waals surface area contributed by atoms with Gasteiger partial charge in [-0.05, 0) is 54.8 Å². The minimum absolute atomic E-state index is 0.0112. The predicted octanol–water partition coefficient (Wildman–Crippen LogP) is 2.65. The van der Waals surface area contributed by atoms with Crippen LogP contribution in [0.2, 0.25) is 0 Å². The van der Waals surface area contributed by atoms with E-state index in [-0.39, 0.29) is 17.4 Å². The number of rotatable bonds is 4. The van der Waals surface area contributed by atoms with Gasteiger partial charge in [0, 0.05) is 24.8 Å². The summed E-state index contributed by atoms with van der Waals surface area (Å²) in [6, 6.07) is 14.0. The van der Waals surface area contributed by atoms with E-state index < -0.39 is 0 Å². The summed E-state index contributed by atoms with van der Waals surface area (Å²) in [5.41, 5.74) is 1.54. The van der Waals surface area contributed by atoms with Crippen LogP contribution in [0.25, 0.3) is 5.65 Å². The molecule has 9 nitrogen and oxygen atoms in total. The van der Waals surface area contributed by atoms with E-state index in [1.165, 1.54) is 4.63 Å². The van der Waals surface area contributed by atoms with E-state index in [2.05, 4.69) is 51.5 Å². The standard InChI is InChI=1S/C22H26N8OS/c1-22(2)15-32-21(23-14-16-6-4-3-5-7-16)29(22)20(31)17-10-12-28(13-11-17)19-9-8-18-24-26-27-30(18)25-19/h3-9,17H,10-15H2,1-2H3. The van der Waals surface area contributed by atoms with Crippen LogP contribution >= 0.6 is 11.8 Å². The molecule has 1 amide bonds. The number of hydrogen-bond donors (Lipinski definition) is 0. The highest BCUT2D eigenvalue weighted by Crippen LogP contribution is 2.36. The van der Waals surface area contributed by atoms with E-state index in [4.69, 9.17) is 4.99 Å². The SMILES string of the molecule is CC1(C)CSC(=NCc2ccccc2)N1C(=O)C1CCN(c2ccc3nnnn3n2)CC1. The Morgan fingerprint density at radius 3 is 2.72 bits per heavy atom. The molecule has 0 radical (unpaired) electrons. The van der Waals surface area contributed by atoms with Gasteiger partial charge in [0.2, 0.25) is 5.91 Å². The lowest BCUT2D eigenvalue weighted by molar-refractivity contribution is -0.135. The number of benzene rings is 1. The van der Waals surface area contributed by atoms with Crippen molar-refractivity contribution in [3.8, 4) is 0 Å². The molecule has 32 heavy (non-hydrogen) atoms. The van der Waals surface area contributed by atoms with E-state index in [1.54, 1.807) is 11.8 Å². The second-order valence-corrected chi connectivity index (χ2v) is 9.78. The van der Waals surface area contributed by atoms with Gasteiger partial charge < -0.3 is 4.90 Å². The van der Waals surface area contributed by atoms with Gasteiger partial charge in [-0.15, -0.1) is 14.8 Å². The predicted molar refractivity (Wildman–Crippen MR) is 124 cm³/mol. The van der Waals surface area contributed by atoms with Gasteiger partial charge in [-0.1, -0.05) is 42.1 Å². The molecule has 2 saturated heterocycles. The van der Waals surface area contributed by atoms with Gasteiger partial charge in [0.1, 0.15) is 0 Å². The fourth-order valence-corrected chi connectivity index (χ4v) is 5.46. The van der Waals surface area contributed by atoms with Crippen molar-refractivity contribution in [3.63, 3.8) is 0 Å². The number of anilines is 1. The summed E-state index contributed by atoms with van der Waals surface area (Å²) < 4.78 is 1.44. The van der Waals surface area contributed by atoms with Crippen LogP contribution in [0.5, 0.6) is 0 Å². The summed E-state index contributed by atoms with van der Waals surface area (Å²) >= 11 is 1.68. The zero-order valence-corrected chi connectivity index (χ0v) is 19.1. The van der Waals surface area contributed by atoms with Crippen molar-refractivity contribution in [3.05, 3.63) is 48.0 Å². The molecule has 4 heterocycles. The van der Waals surface area contributed by atoms with Crippen molar-refractivity contribution < 1.29 is 4.79 Å². The molecule has 0 bridgehead atoms. The molecular formula is C22H26N8OS. The van der Waals surface area contributed by atoms with Gasteiger partial charge in [-0.25, -0.2) is 0 Å². The number of nitrogens with zero attached hydrogens (tertiary/aromatic N) is 8. The Morgan fingerprint density at radius 1 is 1.16 bits per heavy atom. The number of tetrazole rings is 1. The molecule has 2 aliphatic rings. The molecule has 2 fully saturated rings. The molecule has 2 aromatic heterocycles. The highest BCUT2D eigenvalue weighted by molar-refractivity contribution is 8.14. The molecule has 166 valence electrons.